The molecule has 0 saturated carbocycles. The Morgan fingerprint density at radius 1 is 1.35 bits per heavy atom. The fourth-order valence-corrected chi connectivity index (χ4v) is 2.34. The molecule has 1 fully saturated rings. The van der Waals surface area contributed by atoms with Crippen molar-refractivity contribution in [3.63, 3.8) is 0 Å². The van der Waals surface area contributed by atoms with Crippen molar-refractivity contribution in [3.05, 3.63) is 29.3 Å². The molecule has 1 aromatic rings. The van der Waals surface area contributed by atoms with Gasteiger partial charge in [0.2, 0.25) is 0 Å². The fraction of sp³-hybridized carbons (Fsp3) is 0.462. The van der Waals surface area contributed by atoms with Crippen LogP contribution in [0.4, 0.5) is 5.69 Å². The summed E-state index contributed by atoms with van der Waals surface area (Å²) in [5.74, 6) is -0.0144. The number of hydrogen-bond acceptors (Lipinski definition) is 3. The Labute approximate surface area is 101 Å². The topological polar surface area (TPSA) is 41.6 Å². The quantitative estimate of drug-likeness (QED) is 0.803. The van der Waals surface area contributed by atoms with E-state index in [9.17, 15) is 4.79 Å². The van der Waals surface area contributed by atoms with Crippen molar-refractivity contribution >= 4 is 11.6 Å². The van der Waals surface area contributed by atoms with Gasteiger partial charge in [0.15, 0.2) is 0 Å². The summed E-state index contributed by atoms with van der Waals surface area (Å²) in [4.78, 5) is 17.6. The maximum atomic E-state index is 12.2. The number of carbonyl (C=O) groups excluding carboxylic acids is 1. The first-order chi connectivity index (χ1) is 8.34. The van der Waals surface area contributed by atoms with Gasteiger partial charge in [0.25, 0.3) is 5.91 Å². The molecule has 2 aliphatic rings. The second-order valence-corrected chi connectivity index (χ2v) is 4.50. The molecular weight excluding hydrogens is 216 g/mol. The lowest BCUT2D eigenvalue weighted by atomic mass is 10.1. The molecule has 4 heteroatoms. The number of nitrogens with one attached hydrogen (secondary N) is 1. The maximum Gasteiger partial charge on any atom is 0.277 e. The Bertz CT molecular complexity index is 439. The van der Waals surface area contributed by atoms with Gasteiger partial charge in [-0.05, 0) is 43.0 Å². The van der Waals surface area contributed by atoms with E-state index in [0.717, 1.165) is 37.1 Å². The summed E-state index contributed by atoms with van der Waals surface area (Å²) < 4.78 is 0. The Morgan fingerprint density at radius 3 is 3.12 bits per heavy atom. The summed E-state index contributed by atoms with van der Waals surface area (Å²) in [6.45, 7) is 2.32. The number of carbonyl (C=O) groups is 1. The van der Waals surface area contributed by atoms with Crippen LogP contribution in [0, 0.1) is 0 Å². The molecule has 4 nitrogen and oxygen atoms in total. The lowest BCUT2D eigenvalue weighted by molar-refractivity contribution is -0.144. The van der Waals surface area contributed by atoms with Crippen molar-refractivity contribution in [2.45, 2.75) is 19.3 Å². The Morgan fingerprint density at radius 2 is 2.29 bits per heavy atom. The monoisotopic (exact) mass is 232 g/mol. The first-order valence-corrected chi connectivity index (χ1v) is 6.16. The van der Waals surface area contributed by atoms with Crippen LogP contribution >= 0.6 is 0 Å². The van der Waals surface area contributed by atoms with Crippen LogP contribution in [0.1, 0.15) is 28.8 Å². The molecule has 2 heterocycles. The van der Waals surface area contributed by atoms with Crippen molar-refractivity contribution in [1.82, 2.24) is 5.06 Å². The molecular formula is C13H16N2O2. The molecule has 2 aliphatic heterocycles. The van der Waals surface area contributed by atoms with E-state index in [1.165, 1.54) is 10.6 Å². The van der Waals surface area contributed by atoms with Gasteiger partial charge in [-0.15, -0.1) is 0 Å². The average Bonchev–Trinajstić information content (AvgIpc) is 2.86. The Kier molecular flexibility index (Phi) is 2.73. The highest BCUT2D eigenvalue weighted by molar-refractivity contribution is 5.94. The van der Waals surface area contributed by atoms with Gasteiger partial charge >= 0.3 is 0 Å². The van der Waals surface area contributed by atoms with Crippen molar-refractivity contribution in [2.75, 3.05) is 25.0 Å². The highest BCUT2D eigenvalue weighted by Gasteiger charge is 2.21. The number of benzene rings is 1. The maximum absolute atomic E-state index is 12.2. The van der Waals surface area contributed by atoms with Crippen molar-refractivity contribution in [3.8, 4) is 0 Å². The molecule has 1 saturated heterocycles. The predicted molar refractivity (Wildman–Crippen MR) is 64.9 cm³/mol. The van der Waals surface area contributed by atoms with Gasteiger partial charge in [0.05, 0.1) is 6.61 Å². The fourth-order valence-electron chi connectivity index (χ4n) is 2.34. The third-order valence-electron chi connectivity index (χ3n) is 3.29. The highest BCUT2D eigenvalue weighted by Crippen LogP contribution is 2.24. The van der Waals surface area contributed by atoms with E-state index in [2.05, 4.69) is 5.32 Å². The molecule has 3 rings (SSSR count). The molecule has 0 bridgehead atoms. The highest BCUT2D eigenvalue weighted by atomic mass is 16.7. The van der Waals surface area contributed by atoms with Crippen LogP contribution in [0.25, 0.3) is 0 Å². The van der Waals surface area contributed by atoms with Gasteiger partial charge in [-0.3, -0.25) is 9.63 Å². The van der Waals surface area contributed by atoms with Crippen molar-refractivity contribution < 1.29 is 9.63 Å². The van der Waals surface area contributed by atoms with Crippen LogP contribution < -0.4 is 5.32 Å². The molecule has 0 unspecified atom stereocenters. The summed E-state index contributed by atoms with van der Waals surface area (Å²) in [5.41, 5.74) is 3.11. The van der Waals surface area contributed by atoms with Crippen LogP contribution in [0.5, 0.6) is 0 Å². The number of rotatable bonds is 1. The van der Waals surface area contributed by atoms with Gasteiger partial charge in [-0.1, -0.05) is 0 Å². The lowest BCUT2D eigenvalue weighted by Crippen LogP contribution is -2.35. The normalized spacial score (nSPS) is 18.7. The summed E-state index contributed by atoms with van der Waals surface area (Å²) >= 11 is 0. The lowest BCUT2D eigenvalue weighted by Gasteiger charge is -2.26. The second-order valence-electron chi connectivity index (χ2n) is 4.50. The van der Waals surface area contributed by atoms with Gasteiger partial charge < -0.3 is 5.32 Å². The van der Waals surface area contributed by atoms with Gasteiger partial charge in [-0.25, -0.2) is 5.06 Å². The first-order valence-electron chi connectivity index (χ1n) is 6.16. The zero-order valence-electron chi connectivity index (χ0n) is 9.74. The minimum Gasteiger partial charge on any atom is -0.384 e. The largest absolute Gasteiger partial charge is 0.384 e. The molecule has 1 amide bonds. The van der Waals surface area contributed by atoms with Gasteiger partial charge in [0.1, 0.15) is 0 Å². The number of hydrogen-bond donors (Lipinski definition) is 1. The number of amides is 1. The van der Waals surface area contributed by atoms with E-state index in [1.807, 2.05) is 18.2 Å². The summed E-state index contributed by atoms with van der Waals surface area (Å²) in [7, 11) is 0. The van der Waals surface area contributed by atoms with E-state index < -0.39 is 0 Å². The third kappa shape index (κ3) is 2.00. The van der Waals surface area contributed by atoms with E-state index in [4.69, 9.17) is 4.84 Å². The van der Waals surface area contributed by atoms with Crippen molar-refractivity contribution in [1.29, 1.82) is 0 Å². The molecule has 0 aliphatic carbocycles. The van der Waals surface area contributed by atoms with E-state index in [-0.39, 0.29) is 5.91 Å². The first kappa shape index (κ1) is 10.6. The van der Waals surface area contributed by atoms with Crippen LogP contribution in [0.2, 0.25) is 0 Å². The Hall–Kier alpha value is -1.55. The predicted octanol–water partition coefficient (Wildman–Crippen LogP) is 1.82. The molecule has 1 aromatic carbocycles. The minimum atomic E-state index is -0.0144. The molecule has 0 aromatic heterocycles. The SMILES string of the molecule is O=C(c1ccc2c(c1)CCN2)N1CCCCO1. The van der Waals surface area contributed by atoms with Crippen LogP contribution in [-0.2, 0) is 11.3 Å². The molecule has 0 atom stereocenters. The average molecular weight is 232 g/mol. The number of anilines is 1. The molecule has 17 heavy (non-hydrogen) atoms. The van der Waals surface area contributed by atoms with Gasteiger partial charge in [-0.2, -0.15) is 0 Å². The summed E-state index contributed by atoms with van der Waals surface area (Å²) in [6, 6.07) is 5.84. The third-order valence-corrected chi connectivity index (χ3v) is 3.29. The van der Waals surface area contributed by atoms with E-state index in [1.54, 1.807) is 0 Å². The molecule has 1 N–H and O–H groups in total. The second kappa shape index (κ2) is 4.37. The molecule has 90 valence electrons. The molecule has 0 radical (unpaired) electrons. The van der Waals surface area contributed by atoms with Crippen LogP contribution in [0.3, 0.4) is 0 Å². The minimum absolute atomic E-state index is 0.0144. The number of hydroxylamine groups is 2. The van der Waals surface area contributed by atoms with E-state index >= 15 is 0 Å². The summed E-state index contributed by atoms with van der Waals surface area (Å²) in [5, 5.41) is 4.78. The number of fused-ring (bicyclic) bond motifs is 1. The number of nitrogens with zero attached hydrogens (tertiary/aromatic N) is 1. The summed E-state index contributed by atoms with van der Waals surface area (Å²) in [6.07, 6.45) is 3.06. The zero-order valence-corrected chi connectivity index (χ0v) is 9.74. The zero-order chi connectivity index (χ0) is 11.7. The van der Waals surface area contributed by atoms with Crippen molar-refractivity contribution in [2.24, 2.45) is 0 Å². The van der Waals surface area contributed by atoms with Gasteiger partial charge in [0, 0.05) is 24.3 Å². The standard InChI is InChI=1S/C13H16N2O2/c16-13(15-7-1-2-8-17-15)11-3-4-12-10(9-11)5-6-14-12/h3-4,9,14H,1-2,5-8H2. The Balaban J connectivity index is 1.81. The smallest absolute Gasteiger partial charge is 0.277 e. The van der Waals surface area contributed by atoms with E-state index in [0.29, 0.717) is 13.2 Å². The van der Waals surface area contributed by atoms with Crippen LogP contribution in [-0.4, -0.2) is 30.7 Å². The van der Waals surface area contributed by atoms with Crippen LogP contribution in [0.15, 0.2) is 18.2 Å². The molecule has 0 spiro atoms.